The van der Waals surface area contributed by atoms with Crippen LogP contribution in [-0.4, -0.2) is 27.2 Å². The van der Waals surface area contributed by atoms with Crippen LogP contribution in [0.1, 0.15) is 32.7 Å². The first kappa shape index (κ1) is 31.5. The number of ketones is 2. The van der Waals surface area contributed by atoms with Crippen molar-refractivity contribution in [1.29, 1.82) is 0 Å². The van der Waals surface area contributed by atoms with Crippen molar-refractivity contribution >= 4 is 63.5 Å². The monoisotopic (exact) mass is 655 g/mol. The van der Waals surface area contributed by atoms with Gasteiger partial charge in [0.05, 0.1) is 4.90 Å². The molecule has 1 unspecified atom stereocenters. The largest absolute Gasteiger partial charge is 0.289 e. The van der Waals surface area contributed by atoms with Crippen LogP contribution in [0.2, 0.25) is 5.02 Å². The normalized spacial score (nSPS) is 12.0. The predicted octanol–water partition coefficient (Wildman–Crippen LogP) is 9.18. The van der Waals surface area contributed by atoms with Crippen LogP contribution in [0.4, 0.5) is 0 Å². The van der Waals surface area contributed by atoms with E-state index in [-0.39, 0.29) is 17.3 Å². The lowest BCUT2D eigenvalue weighted by molar-refractivity contribution is 0.103. The van der Waals surface area contributed by atoms with Gasteiger partial charge >= 0.3 is 0 Å². The zero-order valence-electron chi connectivity index (χ0n) is 23.3. The Morgan fingerprint density at radius 3 is 1.80 bits per heavy atom. The molecule has 0 radical (unpaired) electrons. The van der Waals surface area contributed by atoms with Gasteiger partial charge in [0.2, 0.25) is 5.78 Å². The minimum atomic E-state index is -1.85. The molecule has 0 saturated heterocycles. The number of nitrogens with zero attached hydrogens (tertiary/aromatic N) is 1. The summed E-state index contributed by atoms with van der Waals surface area (Å²) < 4.78 is 17.9. The lowest BCUT2D eigenvalue weighted by Gasteiger charge is -2.08. The van der Waals surface area contributed by atoms with Gasteiger partial charge in [-0.05, 0) is 84.9 Å². The fourth-order valence-corrected chi connectivity index (χ4v) is 6.48. The fraction of sp³-hybridized carbons (Fsp3) is 0.0571. The molecular formula is C35H26ClNO4S3. The Morgan fingerprint density at radius 2 is 1.18 bits per heavy atom. The maximum absolute atomic E-state index is 13.5. The van der Waals surface area contributed by atoms with Crippen molar-refractivity contribution in [3.05, 3.63) is 155 Å². The molecule has 9 heteroatoms. The maximum Gasteiger partial charge on any atom is 0.265 e. The number of Topliss-reactive ketones (excluding diaryl/α,β-unsaturated/α-hetero) is 1. The van der Waals surface area contributed by atoms with Crippen LogP contribution in [0.25, 0.3) is 0 Å². The van der Waals surface area contributed by atoms with Crippen LogP contribution in [0, 0.1) is 0 Å². The van der Waals surface area contributed by atoms with Gasteiger partial charge in [0.1, 0.15) is 5.71 Å². The highest BCUT2D eigenvalue weighted by Gasteiger charge is 2.17. The Balaban J connectivity index is 1.25. The minimum Gasteiger partial charge on any atom is -0.289 e. The topological polar surface area (TPSA) is 72.8 Å². The highest BCUT2D eigenvalue weighted by atomic mass is 35.5. The second kappa shape index (κ2) is 15.7. The number of halogens is 1. The summed E-state index contributed by atoms with van der Waals surface area (Å²) >= 11 is 7.23. The summed E-state index contributed by atoms with van der Waals surface area (Å²) in [4.78, 5) is 29.6. The summed E-state index contributed by atoms with van der Waals surface area (Å²) in [5, 5.41) is 4.71. The van der Waals surface area contributed by atoms with Crippen molar-refractivity contribution in [2.45, 2.75) is 26.0 Å². The van der Waals surface area contributed by atoms with Gasteiger partial charge in [-0.15, -0.1) is 11.8 Å². The quantitative estimate of drug-likeness (QED) is 0.0545. The van der Waals surface area contributed by atoms with E-state index in [4.69, 9.17) is 15.9 Å². The van der Waals surface area contributed by atoms with E-state index < -0.39 is 11.1 Å². The number of carbonyl (C=O) groups excluding carboxylic acids is 2. The first-order valence-corrected chi connectivity index (χ1v) is 16.8. The number of hydrogen-bond donors (Lipinski definition) is 0. The van der Waals surface area contributed by atoms with Crippen molar-refractivity contribution in [3.8, 4) is 0 Å². The molecule has 5 aromatic carbocycles. The van der Waals surface area contributed by atoms with E-state index in [1.54, 1.807) is 60.3 Å². The molecule has 0 aromatic heterocycles. The fourth-order valence-electron chi connectivity index (χ4n) is 4.06. The molecule has 0 amide bonds. The van der Waals surface area contributed by atoms with Crippen LogP contribution >= 0.6 is 35.1 Å². The molecule has 5 nitrogen and oxygen atoms in total. The van der Waals surface area contributed by atoms with E-state index in [0.717, 1.165) is 14.7 Å². The number of carbonyl (C=O) groups is 2. The molecule has 0 heterocycles. The Hall–Kier alpha value is -3.95. The first-order valence-electron chi connectivity index (χ1n) is 13.6. The lowest BCUT2D eigenvalue weighted by atomic mass is 10.0. The molecule has 220 valence electrons. The number of oxime groups is 1. The van der Waals surface area contributed by atoms with Crippen LogP contribution in [0.3, 0.4) is 0 Å². The predicted molar refractivity (Wildman–Crippen MR) is 179 cm³/mol. The molecule has 5 rings (SSSR count). The van der Waals surface area contributed by atoms with E-state index >= 15 is 0 Å². The van der Waals surface area contributed by atoms with Gasteiger partial charge in [-0.3, -0.25) is 13.9 Å². The van der Waals surface area contributed by atoms with Gasteiger partial charge in [0.25, 0.3) is 11.1 Å². The van der Waals surface area contributed by atoms with Crippen molar-refractivity contribution in [1.82, 2.24) is 0 Å². The lowest BCUT2D eigenvalue weighted by Crippen LogP contribution is -2.16. The molecule has 0 fully saturated rings. The van der Waals surface area contributed by atoms with E-state index in [1.807, 2.05) is 84.9 Å². The molecule has 0 N–H and O–H groups in total. The van der Waals surface area contributed by atoms with Crippen LogP contribution in [-0.2, 0) is 15.4 Å². The van der Waals surface area contributed by atoms with Gasteiger partial charge < -0.3 is 0 Å². The standard InChI is InChI=1S/C35H26ClNO4S3/c36-28-15-21-29(22-16-28)42-24-23-33(37-41-44(40)32-9-5-2-6-10-32)35(39)27-13-19-31(20-14-27)43-30-17-11-26(12-18-30)34(38)25-7-3-1-4-8-25/h1-22H,23-24H2. The summed E-state index contributed by atoms with van der Waals surface area (Å²) in [7, 11) is 0. The average molecular weight is 656 g/mol. The Bertz CT molecular complexity index is 1760. The number of benzene rings is 5. The minimum absolute atomic E-state index is 0.0226. The molecule has 5 aromatic rings. The van der Waals surface area contributed by atoms with Gasteiger partial charge in [0, 0.05) is 48.6 Å². The van der Waals surface area contributed by atoms with Crippen molar-refractivity contribution in [2.75, 3.05) is 5.75 Å². The Labute approximate surface area is 272 Å². The third-order valence-corrected chi connectivity index (χ3v) is 9.49. The second-order valence-corrected chi connectivity index (χ2v) is 13.2. The van der Waals surface area contributed by atoms with E-state index in [1.165, 1.54) is 11.8 Å². The molecular weight excluding hydrogens is 630 g/mol. The molecule has 0 aliphatic carbocycles. The molecule has 0 spiro atoms. The number of rotatable bonds is 13. The zero-order valence-corrected chi connectivity index (χ0v) is 26.5. The maximum atomic E-state index is 13.5. The van der Waals surface area contributed by atoms with Gasteiger partial charge in [-0.2, -0.15) is 0 Å². The zero-order chi connectivity index (χ0) is 30.7. The molecule has 0 saturated carbocycles. The summed E-state index contributed by atoms with van der Waals surface area (Å²) in [6, 6.07) is 40.0. The molecule has 44 heavy (non-hydrogen) atoms. The highest BCUT2D eigenvalue weighted by molar-refractivity contribution is 7.99. The first-order chi connectivity index (χ1) is 21.5. The molecule has 0 bridgehead atoms. The number of thioether (sulfide) groups is 1. The van der Waals surface area contributed by atoms with E-state index in [2.05, 4.69) is 5.16 Å². The second-order valence-electron chi connectivity index (χ2n) is 9.39. The SMILES string of the molecule is O=C(C(CCSc1ccc(Cl)cc1)=NOS(=O)c1ccccc1)c1ccc(Sc2ccc(C(=O)c3ccccc3)cc2)cc1. The van der Waals surface area contributed by atoms with Crippen LogP contribution in [0.15, 0.2) is 158 Å². The highest BCUT2D eigenvalue weighted by Crippen LogP contribution is 2.29. The van der Waals surface area contributed by atoms with Gasteiger partial charge in [0.15, 0.2) is 5.78 Å². The van der Waals surface area contributed by atoms with Crippen LogP contribution < -0.4 is 0 Å². The molecule has 1 atom stereocenters. The van der Waals surface area contributed by atoms with Crippen molar-refractivity contribution in [2.24, 2.45) is 5.16 Å². The smallest absolute Gasteiger partial charge is 0.265 e. The van der Waals surface area contributed by atoms with Gasteiger partial charge in [-0.1, -0.05) is 77.0 Å². The summed E-state index contributed by atoms with van der Waals surface area (Å²) in [6.45, 7) is 0. The number of hydrogen-bond acceptors (Lipinski definition) is 7. The Morgan fingerprint density at radius 1 is 0.659 bits per heavy atom. The van der Waals surface area contributed by atoms with E-state index in [9.17, 15) is 13.8 Å². The Kier molecular flexibility index (Phi) is 11.2. The van der Waals surface area contributed by atoms with Crippen molar-refractivity contribution < 1.29 is 18.1 Å². The summed E-state index contributed by atoms with van der Waals surface area (Å²) in [5.41, 5.74) is 1.90. The third kappa shape index (κ3) is 8.80. The summed E-state index contributed by atoms with van der Waals surface area (Å²) in [5.74, 6) is 0.238. The third-order valence-electron chi connectivity index (χ3n) is 6.34. The molecule has 0 aliphatic rings. The van der Waals surface area contributed by atoms with Crippen LogP contribution in [0.5, 0.6) is 0 Å². The van der Waals surface area contributed by atoms with Gasteiger partial charge in [-0.25, -0.2) is 4.21 Å². The van der Waals surface area contributed by atoms with Crippen molar-refractivity contribution in [3.63, 3.8) is 0 Å². The molecule has 0 aliphatic heterocycles. The summed E-state index contributed by atoms with van der Waals surface area (Å²) in [6.07, 6.45) is 0.308. The van der Waals surface area contributed by atoms with E-state index in [0.29, 0.717) is 38.8 Å². The average Bonchev–Trinajstić information content (AvgIpc) is 3.08.